The average Bonchev–Trinajstić information content (AvgIpc) is 3.48. The van der Waals surface area contributed by atoms with E-state index in [1.165, 1.54) is 18.2 Å². The van der Waals surface area contributed by atoms with Crippen molar-refractivity contribution < 1.29 is 36.7 Å². The molecule has 0 saturated carbocycles. The number of furan rings is 1. The molecule has 11 heteroatoms. The van der Waals surface area contributed by atoms with Crippen molar-refractivity contribution in [3.63, 3.8) is 0 Å². The second-order valence-electron chi connectivity index (χ2n) is 7.76. The summed E-state index contributed by atoms with van der Waals surface area (Å²) in [7, 11) is 0. The van der Waals surface area contributed by atoms with Crippen LogP contribution < -0.4 is 20.5 Å². The van der Waals surface area contributed by atoms with Crippen LogP contribution in [0, 0.1) is 5.92 Å². The summed E-state index contributed by atoms with van der Waals surface area (Å²) >= 11 is 0. The summed E-state index contributed by atoms with van der Waals surface area (Å²) in [6.07, 6.45) is -4.76. The second kappa shape index (κ2) is 9.92. The topological polar surface area (TPSA) is 101 Å². The third-order valence-electron chi connectivity index (χ3n) is 5.29. The fraction of sp³-hybridized carbons (Fsp3) is 0.208. The Bertz CT molecular complexity index is 1230. The molecule has 4 rings (SSSR count). The van der Waals surface area contributed by atoms with E-state index in [4.69, 9.17) is 9.15 Å². The van der Waals surface area contributed by atoms with Crippen molar-refractivity contribution in [3.05, 3.63) is 83.8 Å². The van der Waals surface area contributed by atoms with Crippen molar-refractivity contribution in [1.82, 2.24) is 10.9 Å². The summed E-state index contributed by atoms with van der Waals surface area (Å²) in [5.74, 6) is -1.77. The molecule has 35 heavy (non-hydrogen) atoms. The van der Waals surface area contributed by atoms with Crippen LogP contribution in [0.3, 0.4) is 0 Å². The number of hydrogen-bond donors (Lipinski definition) is 2. The van der Waals surface area contributed by atoms with Gasteiger partial charge in [0.2, 0.25) is 11.8 Å². The molecule has 182 valence electrons. The van der Waals surface area contributed by atoms with Gasteiger partial charge in [0.15, 0.2) is 5.76 Å². The molecule has 1 aromatic heterocycles. The van der Waals surface area contributed by atoms with Crippen molar-refractivity contribution in [2.75, 3.05) is 11.4 Å². The first-order valence-corrected chi connectivity index (χ1v) is 10.5. The number of rotatable bonds is 6. The lowest BCUT2D eigenvalue weighted by Gasteiger charge is -2.18. The molecule has 0 bridgehead atoms. The standard InChI is InChI=1S/C24H20F3N3O5/c25-24(26,27)16-5-4-6-17(12-16)30-13-15(11-21(30)31)22(32)28-29-23(33)20-10-9-19(35-20)14-34-18-7-2-1-3-8-18/h1-10,12,15H,11,13-14H2,(H,28,32)(H,29,33). The van der Waals surface area contributed by atoms with Crippen LogP contribution in [-0.2, 0) is 22.4 Å². The highest BCUT2D eigenvalue weighted by atomic mass is 19.4. The first-order valence-electron chi connectivity index (χ1n) is 10.5. The number of carbonyl (C=O) groups excluding carboxylic acids is 3. The van der Waals surface area contributed by atoms with Crippen molar-refractivity contribution in [1.29, 1.82) is 0 Å². The van der Waals surface area contributed by atoms with Crippen LogP contribution in [0.4, 0.5) is 18.9 Å². The van der Waals surface area contributed by atoms with E-state index in [2.05, 4.69) is 10.9 Å². The lowest BCUT2D eigenvalue weighted by molar-refractivity contribution is -0.137. The second-order valence-corrected chi connectivity index (χ2v) is 7.76. The highest BCUT2D eigenvalue weighted by Crippen LogP contribution is 2.33. The average molecular weight is 487 g/mol. The van der Waals surface area contributed by atoms with Crippen LogP contribution in [0.25, 0.3) is 0 Å². The van der Waals surface area contributed by atoms with E-state index in [-0.39, 0.29) is 31.0 Å². The number of amides is 3. The highest BCUT2D eigenvalue weighted by Gasteiger charge is 2.37. The molecule has 0 aliphatic carbocycles. The van der Waals surface area contributed by atoms with Gasteiger partial charge in [-0.05, 0) is 42.5 Å². The Hall–Kier alpha value is -4.28. The molecule has 2 aromatic carbocycles. The molecule has 0 spiro atoms. The highest BCUT2D eigenvalue weighted by molar-refractivity contribution is 6.01. The van der Waals surface area contributed by atoms with Crippen LogP contribution in [0.5, 0.6) is 5.75 Å². The van der Waals surface area contributed by atoms with Gasteiger partial charge in [-0.1, -0.05) is 24.3 Å². The molecule has 1 unspecified atom stereocenters. The minimum atomic E-state index is -4.56. The summed E-state index contributed by atoms with van der Waals surface area (Å²) in [4.78, 5) is 38.2. The van der Waals surface area contributed by atoms with Gasteiger partial charge in [0.05, 0.1) is 11.5 Å². The van der Waals surface area contributed by atoms with Gasteiger partial charge in [0.1, 0.15) is 18.1 Å². The zero-order chi connectivity index (χ0) is 25.0. The fourth-order valence-corrected chi connectivity index (χ4v) is 3.51. The number of hydrogen-bond acceptors (Lipinski definition) is 5. The van der Waals surface area contributed by atoms with Crippen LogP contribution in [0.1, 0.15) is 28.3 Å². The number of para-hydroxylation sites is 1. The van der Waals surface area contributed by atoms with Gasteiger partial charge >= 0.3 is 12.1 Å². The molecule has 1 aliphatic heterocycles. The van der Waals surface area contributed by atoms with Crippen LogP contribution >= 0.6 is 0 Å². The largest absolute Gasteiger partial charge is 0.486 e. The number of anilines is 1. The quantitative estimate of drug-likeness (QED) is 0.517. The first-order chi connectivity index (χ1) is 16.7. The zero-order valence-electron chi connectivity index (χ0n) is 18.2. The summed E-state index contributed by atoms with van der Waals surface area (Å²) in [5.41, 5.74) is 3.59. The lowest BCUT2D eigenvalue weighted by Crippen LogP contribution is -2.45. The summed E-state index contributed by atoms with van der Waals surface area (Å²) in [5, 5.41) is 0. The van der Waals surface area contributed by atoms with E-state index in [9.17, 15) is 27.6 Å². The number of carbonyl (C=O) groups is 3. The number of ether oxygens (including phenoxy) is 1. The predicted molar refractivity (Wildman–Crippen MR) is 117 cm³/mol. The summed E-state index contributed by atoms with van der Waals surface area (Å²) in [6.45, 7) is -0.0250. The monoisotopic (exact) mass is 487 g/mol. The van der Waals surface area contributed by atoms with Crippen molar-refractivity contribution in [2.45, 2.75) is 19.2 Å². The van der Waals surface area contributed by atoms with E-state index < -0.39 is 35.4 Å². The van der Waals surface area contributed by atoms with Crippen molar-refractivity contribution in [2.24, 2.45) is 5.92 Å². The lowest BCUT2D eigenvalue weighted by atomic mass is 10.1. The smallest absolute Gasteiger partial charge is 0.416 e. The number of benzene rings is 2. The minimum absolute atomic E-state index is 0.0463. The maximum Gasteiger partial charge on any atom is 0.416 e. The van der Waals surface area contributed by atoms with Crippen LogP contribution in [0.2, 0.25) is 0 Å². The maximum absolute atomic E-state index is 13.0. The number of nitrogens with zero attached hydrogens (tertiary/aromatic N) is 1. The van der Waals surface area contributed by atoms with E-state index in [0.717, 1.165) is 17.0 Å². The molecular formula is C24H20F3N3O5. The van der Waals surface area contributed by atoms with Crippen molar-refractivity contribution >= 4 is 23.4 Å². The summed E-state index contributed by atoms with van der Waals surface area (Å²) < 4.78 is 49.9. The van der Waals surface area contributed by atoms with Crippen molar-refractivity contribution in [3.8, 4) is 5.75 Å². The normalized spacial score (nSPS) is 15.7. The molecule has 1 aliphatic rings. The Morgan fingerprint density at radius 2 is 1.80 bits per heavy atom. The first kappa shape index (κ1) is 23.9. The predicted octanol–water partition coefficient (Wildman–Crippen LogP) is 3.69. The number of alkyl halides is 3. The van der Waals surface area contributed by atoms with Gasteiger partial charge in [-0.3, -0.25) is 25.2 Å². The molecule has 1 fully saturated rings. The minimum Gasteiger partial charge on any atom is -0.486 e. The molecule has 2 heterocycles. The van der Waals surface area contributed by atoms with Gasteiger partial charge in [-0.25, -0.2) is 0 Å². The molecule has 3 aromatic rings. The van der Waals surface area contributed by atoms with E-state index in [1.807, 2.05) is 18.2 Å². The van der Waals surface area contributed by atoms with Gasteiger partial charge in [-0.2, -0.15) is 13.2 Å². The Balaban J connectivity index is 1.29. The Morgan fingerprint density at radius 3 is 2.54 bits per heavy atom. The van der Waals surface area contributed by atoms with Gasteiger partial charge in [-0.15, -0.1) is 0 Å². The van der Waals surface area contributed by atoms with Gasteiger partial charge in [0.25, 0.3) is 0 Å². The molecule has 0 radical (unpaired) electrons. The number of hydrazine groups is 1. The Kier molecular flexibility index (Phi) is 6.76. The molecule has 1 atom stereocenters. The van der Waals surface area contributed by atoms with Gasteiger partial charge < -0.3 is 14.1 Å². The SMILES string of the molecule is O=C(NNC(=O)C1CC(=O)N(c2cccc(C(F)(F)F)c2)C1)c1ccc(COc2ccccc2)o1. The molecule has 3 amide bonds. The third-order valence-corrected chi connectivity index (χ3v) is 5.29. The van der Waals surface area contributed by atoms with E-state index in [1.54, 1.807) is 18.2 Å². The van der Waals surface area contributed by atoms with Crippen LogP contribution in [-0.4, -0.2) is 24.3 Å². The molecular weight excluding hydrogens is 467 g/mol. The summed E-state index contributed by atoms with van der Waals surface area (Å²) in [6, 6.07) is 16.3. The molecule has 2 N–H and O–H groups in total. The third kappa shape index (κ3) is 5.81. The number of halogens is 3. The molecule has 1 saturated heterocycles. The molecule has 8 nitrogen and oxygen atoms in total. The number of nitrogens with one attached hydrogen (secondary N) is 2. The maximum atomic E-state index is 13.0. The van der Waals surface area contributed by atoms with Crippen LogP contribution in [0.15, 0.2) is 71.1 Å². The zero-order valence-corrected chi connectivity index (χ0v) is 18.2. The Morgan fingerprint density at radius 1 is 1.03 bits per heavy atom. The van der Waals surface area contributed by atoms with Gasteiger partial charge in [0, 0.05) is 18.7 Å². The fourth-order valence-electron chi connectivity index (χ4n) is 3.51. The Labute approximate surface area is 197 Å². The van der Waals surface area contributed by atoms with E-state index >= 15 is 0 Å². The van der Waals surface area contributed by atoms with E-state index in [0.29, 0.717) is 11.5 Å².